The molecule has 206 valence electrons. The molecule has 1 N–H and O–H groups in total. The molecule has 0 spiro atoms. The molecule has 1 saturated carbocycles. The number of aryl methyl sites for hydroxylation is 1. The largest absolute Gasteiger partial charge is 0.487 e. The molecule has 1 aliphatic carbocycles. The van der Waals surface area contributed by atoms with Crippen LogP contribution in [0.3, 0.4) is 0 Å². The Kier molecular flexibility index (Phi) is 9.43. The summed E-state index contributed by atoms with van der Waals surface area (Å²) in [5, 5.41) is 11.6. The number of nitrogens with zero attached hydrogens (tertiary/aromatic N) is 1. The van der Waals surface area contributed by atoms with E-state index in [0.717, 1.165) is 67.2 Å². The molecule has 0 bridgehead atoms. The van der Waals surface area contributed by atoms with Crippen molar-refractivity contribution in [2.75, 3.05) is 24.6 Å². The second kappa shape index (κ2) is 12.6. The second-order valence-electron chi connectivity index (χ2n) is 11.6. The summed E-state index contributed by atoms with van der Waals surface area (Å²) < 4.78 is 12.0. The maximum Gasteiger partial charge on any atom is 0.338 e. The number of carbonyl (C=O) groups excluding carboxylic acids is 1. The zero-order valence-electron chi connectivity index (χ0n) is 23.0. The van der Waals surface area contributed by atoms with Gasteiger partial charge in [-0.15, -0.1) is 6.58 Å². The van der Waals surface area contributed by atoms with E-state index in [2.05, 4.69) is 18.4 Å². The van der Waals surface area contributed by atoms with E-state index in [-0.39, 0.29) is 17.3 Å². The van der Waals surface area contributed by atoms with Gasteiger partial charge < -0.3 is 19.5 Å². The Bertz CT molecular complexity index is 1130. The summed E-state index contributed by atoms with van der Waals surface area (Å²) in [4.78, 5) is 15.2. The molecule has 38 heavy (non-hydrogen) atoms. The van der Waals surface area contributed by atoms with E-state index < -0.39 is 6.10 Å². The number of hydrogen-bond acceptors (Lipinski definition) is 5. The lowest BCUT2D eigenvalue weighted by Gasteiger charge is -2.52. The Labute approximate surface area is 232 Å². The van der Waals surface area contributed by atoms with Crippen LogP contribution in [0.5, 0.6) is 5.75 Å². The quantitative estimate of drug-likeness (QED) is 0.283. The van der Waals surface area contributed by atoms with Crippen LogP contribution in [-0.2, 0) is 17.8 Å². The fraction of sp³-hybridized carbons (Fsp3) is 0.531. The molecule has 6 heteroatoms. The van der Waals surface area contributed by atoms with Crippen LogP contribution in [0.2, 0.25) is 5.02 Å². The maximum atomic E-state index is 12.9. The molecule has 0 amide bonds. The van der Waals surface area contributed by atoms with Gasteiger partial charge in [0, 0.05) is 18.1 Å². The zero-order chi connectivity index (χ0) is 27.3. The number of benzene rings is 2. The minimum atomic E-state index is -0.407. The molecule has 4 rings (SSSR count). The molecule has 1 heterocycles. The van der Waals surface area contributed by atoms with Gasteiger partial charge in [-0.3, -0.25) is 0 Å². The van der Waals surface area contributed by atoms with Gasteiger partial charge in [0.1, 0.15) is 12.4 Å². The molecule has 5 nitrogen and oxygen atoms in total. The van der Waals surface area contributed by atoms with Crippen molar-refractivity contribution < 1.29 is 19.4 Å². The lowest BCUT2D eigenvalue weighted by Crippen LogP contribution is -2.51. The lowest BCUT2D eigenvalue weighted by atomic mass is 9.57. The molecule has 1 aliphatic heterocycles. The van der Waals surface area contributed by atoms with E-state index >= 15 is 0 Å². The summed E-state index contributed by atoms with van der Waals surface area (Å²) >= 11 is 6.31. The maximum absolute atomic E-state index is 12.9. The fourth-order valence-corrected chi connectivity index (χ4v) is 5.82. The zero-order valence-corrected chi connectivity index (χ0v) is 23.8. The predicted molar refractivity (Wildman–Crippen MR) is 154 cm³/mol. The minimum absolute atomic E-state index is 0.151. The van der Waals surface area contributed by atoms with E-state index in [1.165, 1.54) is 5.56 Å². The first-order valence-corrected chi connectivity index (χ1v) is 14.3. The first-order valence-electron chi connectivity index (χ1n) is 14.0. The average molecular weight is 540 g/mol. The summed E-state index contributed by atoms with van der Waals surface area (Å²) in [5.74, 6) is 1.04. The van der Waals surface area contributed by atoms with Crippen molar-refractivity contribution in [2.24, 2.45) is 17.3 Å². The van der Waals surface area contributed by atoms with Crippen molar-refractivity contribution in [2.45, 2.75) is 72.0 Å². The highest BCUT2D eigenvalue weighted by Gasteiger charge is 2.48. The molecular weight excluding hydrogens is 498 g/mol. The summed E-state index contributed by atoms with van der Waals surface area (Å²) in [6.07, 6.45) is 7.02. The summed E-state index contributed by atoms with van der Waals surface area (Å²) in [6.45, 7) is 12.5. The minimum Gasteiger partial charge on any atom is -0.487 e. The molecule has 2 aromatic carbocycles. The van der Waals surface area contributed by atoms with Crippen molar-refractivity contribution >= 4 is 23.3 Å². The summed E-state index contributed by atoms with van der Waals surface area (Å²) in [5.41, 5.74) is 3.65. The van der Waals surface area contributed by atoms with Gasteiger partial charge in [0.25, 0.3) is 0 Å². The van der Waals surface area contributed by atoms with Crippen molar-refractivity contribution in [3.63, 3.8) is 0 Å². The van der Waals surface area contributed by atoms with Crippen LogP contribution >= 0.6 is 11.6 Å². The number of ether oxygens (including phenoxy) is 2. The van der Waals surface area contributed by atoms with Gasteiger partial charge in [-0.2, -0.15) is 0 Å². The molecule has 0 saturated heterocycles. The number of esters is 1. The molecule has 2 aromatic rings. The average Bonchev–Trinajstić information content (AvgIpc) is 2.92. The predicted octanol–water partition coefficient (Wildman–Crippen LogP) is 7.23. The highest BCUT2D eigenvalue weighted by molar-refractivity contribution is 6.30. The normalized spacial score (nSPS) is 22.3. The van der Waals surface area contributed by atoms with Crippen molar-refractivity contribution in [1.82, 2.24) is 0 Å². The highest BCUT2D eigenvalue weighted by atomic mass is 35.5. The van der Waals surface area contributed by atoms with E-state index in [4.69, 9.17) is 21.1 Å². The fourth-order valence-electron chi connectivity index (χ4n) is 5.63. The number of rotatable bonds is 8. The Hall–Kier alpha value is -2.50. The smallest absolute Gasteiger partial charge is 0.338 e. The van der Waals surface area contributed by atoms with Crippen LogP contribution in [0, 0.1) is 17.3 Å². The Morgan fingerprint density at radius 1 is 1.26 bits per heavy atom. The molecule has 1 fully saturated rings. The molecular formula is C32H42ClNO4. The number of fused-ring (bicyclic) bond motifs is 2. The van der Waals surface area contributed by atoms with E-state index in [1.54, 1.807) is 12.1 Å². The first-order chi connectivity index (χ1) is 18.2. The van der Waals surface area contributed by atoms with Gasteiger partial charge in [-0.1, -0.05) is 44.5 Å². The number of aliphatic hydroxyl groups excluding tert-OH is 1. The second-order valence-corrected chi connectivity index (χ2v) is 12.0. The van der Waals surface area contributed by atoms with Gasteiger partial charge in [0.05, 0.1) is 24.0 Å². The lowest BCUT2D eigenvalue weighted by molar-refractivity contribution is -0.0693. The van der Waals surface area contributed by atoms with Crippen LogP contribution in [0.15, 0.2) is 49.1 Å². The summed E-state index contributed by atoms with van der Waals surface area (Å²) in [7, 11) is 0. The van der Waals surface area contributed by atoms with Gasteiger partial charge in [0.15, 0.2) is 0 Å². The highest BCUT2D eigenvalue weighted by Crippen LogP contribution is 2.51. The topological polar surface area (TPSA) is 59.0 Å². The van der Waals surface area contributed by atoms with Crippen LogP contribution in [-0.4, -0.2) is 36.9 Å². The Morgan fingerprint density at radius 2 is 2.08 bits per heavy atom. The third kappa shape index (κ3) is 6.55. The van der Waals surface area contributed by atoms with Crippen LogP contribution in [0.1, 0.15) is 74.4 Å². The van der Waals surface area contributed by atoms with Gasteiger partial charge in [0.2, 0.25) is 0 Å². The molecule has 0 aromatic heterocycles. The number of halogens is 1. The van der Waals surface area contributed by atoms with E-state index in [9.17, 15) is 9.90 Å². The van der Waals surface area contributed by atoms with Crippen LogP contribution in [0.25, 0.3) is 0 Å². The molecule has 0 radical (unpaired) electrons. The van der Waals surface area contributed by atoms with E-state index in [0.29, 0.717) is 31.1 Å². The van der Waals surface area contributed by atoms with Crippen LogP contribution in [0.4, 0.5) is 5.69 Å². The number of carbonyl (C=O) groups is 1. The standard InChI is InChI=1S/C32H42ClNO4/c1-5-8-30(35)32(4)15-14-26(32)19-34-16-7-6-9-23-17-27(33)12-10-25(23)21-37-29-13-11-24(18-28(29)34)31(36)38-20-22(2)3/h5,10-13,17-18,22,26,30,35H,1,6-9,14-16,19-21H2,2-4H3/t26-,30+,32+/m0/s1. The van der Waals surface area contributed by atoms with E-state index in [1.807, 2.05) is 44.2 Å². The Morgan fingerprint density at radius 3 is 2.79 bits per heavy atom. The van der Waals surface area contributed by atoms with Crippen LogP contribution < -0.4 is 9.64 Å². The van der Waals surface area contributed by atoms with Crippen molar-refractivity contribution in [3.05, 3.63) is 70.8 Å². The van der Waals surface area contributed by atoms with Crippen molar-refractivity contribution in [1.29, 1.82) is 0 Å². The molecule has 2 aliphatic rings. The first kappa shape index (κ1) is 28.5. The molecule has 0 unspecified atom stereocenters. The number of hydrogen-bond donors (Lipinski definition) is 1. The van der Waals surface area contributed by atoms with Gasteiger partial charge in [-0.05, 0) is 97.2 Å². The number of aliphatic hydroxyl groups is 1. The van der Waals surface area contributed by atoms with Crippen molar-refractivity contribution in [3.8, 4) is 5.75 Å². The van der Waals surface area contributed by atoms with Gasteiger partial charge >= 0.3 is 5.97 Å². The van der Waals surface area contributed by atoms with Gasteiger partial charge in [-0.25, -0.2) is 4.79 Å². The third-order valence-electron chi connectivity index (χ3n) is 8.31. The SMILES string of the molecule is C=CC[C@@H](O)[C@]1(C)CC[C@H]1CN1CCCCc2cc(Cl)ccc2COc2ccc(C(=O)OCC(C)C)cc21. The number of anilines is 1. The summed E-state index contributed by atoms with van der Waals surface area (Å²) in [6, 6.07) is 11.6. The third-order valence-corrected chi connectivity index (χ3v) is 8.55. The monoisotopic (exact) mass is 539 g/mol. The Balaban J connectivity index is 1.66. The molecule has 3 atom stereocenters.